The monoisotopic (exact) mass is 252 g/mol. The minimum absolute atomic E-state index is 0.457. The molecule has 18 heavy (non-hydrogen) atoms. The van der Waals surface area contributed by atoms with Crippen LogP contribution >= 0.6 is 0 Å². The lowest BCUT2D eigenvalue weighted by Gasteiger charge is -2.41. The van der Waals surface area contributed by atoms with E-state index in [-0.39, 0.29) is 0 Å². The van der Waals surface area contributed by atoms with Gasteiger partial charge in [-0.1, -0.05) is 13.8 Å². The van der Waals surface area contributed by atoms with Crippen LogP contribution in [0.5, 0.6) is 0 Å². The number of morpholine rings is 1. The van der Waals surface area contributed by atoms with Crippen molar-refractivity contribution in [2.24, 2.45) is 0 Å². The molecule has 3 rings (SSSR count). The molecule has 104 valence electrons. The molecule has 0 amide bonds. The van der Waals surface area contributed by atoms with Gasteiger partial charge in [-0.25, -0.2) is 0 Å². The van der Waals surface area contributed by atoms with E-state index in [2.05, 4.69) is 24.1 Å². The molecule has 2 atom stereocenters. The summed E-state index contributed by atoms with van der Waals surface area (Å²) in [5, 5.41) is 3.87. The second kappa shape index (κ2) is 5.10. The zero-order chi connectivity index (χ0) is 12.6. The molecule has 3 nitrogen and oxygen atoms in total. The lowest BCUT2D eigenvalue weighted by atomic mass is 9.87. The lowest BCUT2D eigenvalue weighted by molar-refractivity contribution is -0.0915. The second-order valence-electron chi connectivity index (χ2n) is 6.59. The molecule has 0 spiro atoms. The van der Waals surface area contributed by atoms with Crippen LogP contribution in [0.15, 0.2) is 0 Å². The van der Waals surface area contributed by atoms with Gasteiger partial charge in [0.25, 0.3) is 0 Å². The second-order valence-corrected chi connectivity index (χ2v) is 6.59. The van der Waals surface area contributed by atoms with Crippen molar-refractivity contribution >= 4 is 0 Å². The van der Waals surface area contributed by atoms with Gasteiger partial charge < -0.3 is 10.1 Å². The molecule has 3 fully saturated rings. The van der Waals surface area contributed by atoms with Gasteiger partial charge in [-0.3, -0.25) is 4.90 Å². The molecule has 3 heterocycles. The standard InChI is InChI=1S/C15H28N2O/c1-3-13-9-17(10-14(4-2)18-13)11-15-7-5-12(16-15)6-8-15/h12-14,16H,3-11H2,1-2H3. The molecule has 3 aliphatic heterocycles. The largest absolute Gasteiger partial charge is 0.372 e. The molecule has 3 heteroatoms. The maximum absolute atomic E-state index is 6.09. The topological polar surface area (TPSA) is 24.5 Å². The summed E-state index contributed by atoms with van der Waals surface area (Å²) < 4.78 is 6.09. The molecule has 0 aromatic carbocycles. The Morgan fingerprint density at radius 3 is 2.17 bits per heavy atom. The molecule has 0 saturated carbocycles. The van der Waals surface area contributed by atoms with Crippen LogP contribution in [0.1, 0.15) is 52.4 Å². The highest BCUT2D eigenvalue weighted by atomic mass is 16.5. The Hall–Kier alpha value is -0.120. The van der Waals surface area contributed by atoms with Crippen LogP contribution in [-0.2, 0) is 4.74 Å². The molecule has 0 aliphatic carbocycles. The van der Waals surface area contributed by atoms with E-state index in [1.165, 1.54) is 32.2 Å². The number of hydrogen-bond donors (Lipinski definition) is 1. The first kappa shape index (κ1) is 12.9. The summed E-state index contributed by atoms with van der Waals surface area (Å²) in [7, 11) is 0. The van der Waals surface area contributed by atoms with Crippen LogP contribution < -0.4 is 5.32 Å². The summed E-state index contributed by atoms with van der Waals surface area (Å²) in [5.41, 5.74) is 0.457. The van der Waals surface area contributed by atoms with Crippen LogP contribution in [0.2, 0.25) is 0 Å². The molecule has 0 radical (unpaired) electrons. The number of ether oxygens (including phenoxy) is 1. The molecule has 3 aliphatic rings. The summed E-state index contributed by atoms with van der Waals surface area (Å²) in [6, 6.07) is 0.829. The Morgan fingerprint density at radius 1 is 1.11 bits per heavy atom. The van der Waals surface area contributed by atoms with Crippen molar-refractivity contribution < 1.29 is 4.74 Å². The van der Waals surface area contributed by atoms with Crippen LogP contribution in [0.3, 0.4) is 0 Å². The highest BCUT2D eigenvalue weighted by Gasteiger charge is 2.45. The first-order valence-electron chi connectivity index (χ1n) is 7.88. The summed E-state index contributed by atoms with van der Waals surface area (Å²) in [4.78, 5) is 2.67. The Balaban J connectivity index is 1.61. The minimum atomic E-state index is 0.457. The number of rotatable bonds is 4. The van der Waals surface area contributed by atoms with Crippen molar-refractivity contribution in [1.82, 2.24) is 10.2 Å². The maximum atomic E-state index is 6.09. The highest BCUT2D eigenvalue weighted by molar-refractivity contribution is 5.06. The SMILES string of the molecule is CCC1CN(CC23CCC(CC2)N3)CC(CC)O1. The number of hydrogen-bond acceptors (Lipinski definition) is 3. The van der Waals surface area contributed by atoms with Crippen molar-refractivity contribution in [3.8, 4) is 0 Å². The molecule has 2 bridgehead atoms. The average Bonchev–Trinajstić information content (AvgIpc) is 2.98. The predicted molar refractivity (Wildman–Crippen MR) is 73.8 cm³/mol. The van der Waals surface area contributed by atoms with E-state index in [4.69, 9.17) is 4.74 Å². The van der Waals surface area contributed by atoms with Crippen LogP contribution in [0.25, 0.3) is 0 Å². The smallest absolute Gasteiger partial charge is 0.0703 e. The Morgan fingerprint density at radius 2 is 1.72 bits per heavy atom. The summed E-state index contributed by atoms with van der Waals surface area (Å²) in [6.07, 6.45) is 8.80. The van der Waals surface area contributed by atoms with Gasteiger partial charge in [-0.15, -0.1) is 0 Å². The van der Waals surface area contributed by atoms with E-state index < -0.39 is 0 Å². The quantitative estimate of drug-likeness (QED) is 0.830. The van der Waals surface area contributed by atoms with Crippen LogP contribution in [0, 0.1) is 0 Å². The fourth-order valence-corrected chi connectivity index (χ4v) is 4.11. The summed E-state index contributed by atoms with van der Waals surface area (Å²) in [5.74, 6) is 0. The third-order valence-electron chi connectivity index (χ3n) is 5.20. The Labute approximate surface area is 111 Å². The van der Waals surface area contributed by atoms with Crippen molar-refractivity contribution in [3.05, 3.63) is 0 Å². The van der Waals surface area contributed by atoms with Crippen LogP contribution in [-0.4, -0.2) is 48.3 Å². The first-order valence-corrected chi connectivity index (χ1v) is 7.88. The van der Waals surface area contributed by atoms with Gasteiger partial charge in [0.2, 0.25) is 0 Å². The molecule has 0 aromatic heterocycles. The predicted octanol–water partition coefficient (Wildman–Crippen LogP) is 2.16. The summed E-state index contributed by atoms with van der Waals surface area (Å²) in [6.45, 7) is 8.03. The van der Waals surface area contributed by atoms with Gasteiger partial charge in [0.05, 0.1) is 12.2 Å². The van der Waals surface area contributed by atoms with E-state index in [9.17, 15) is 0 Å². The van der Waals surface area contributed by atoms with Crippen molar-refractivity contribution in [2.45, 2.75) is 76.2 Å². The highest BCUT2D eigenvalue weighted by Crippen LogP contribution is 2.38. The van der Waals surface area contributed by atoms with Gasteiger partial charge >= 0.3 is 0 Å². The zero-order valence-electron chi connectivity index (χ0n) is 12.0. The van der Waals surface area contributed by atoms with Gasteiger partial charge in [-0.05, 0) is 38.5 Å². The molecule has 2 unspecified atom stereocenters. The Kier molecular flexibility index (Phi) is 3.65. The molecular weight excluding hydrogens is 224 g/mol. The first-order chi connectivity index (χ1) is 8.73. The van der Waals surface area contributed by atoms with E-state index in [1.54, 1.807) is 0 Å². The van der Waals surface area contributed by atoms with Crippen molar-refractivity contribution in [3.63, 3.8) is 0 Å². The Bertz CT molecular complexity index is 274. The minimum Gasteiger partial charge on any atom is -0.372 e. The average molecular weight is 252 g/mol. The maximum Gasteiger partial charge on any atom is 0.0703 e. The van der Waals surface area contributed by atoms with Crippen molar-refractivity contribution in [1.29, 1.82) is 0 Å². The molecule has 1 N–H and O–H groups in total. The fourth-order valence-electron chi connectivity index (χ4n) is 4.11. The third kappa shape index (κ3) is 2.45. The van der Waals surface area contributed by atoms with E-state index in [1.807, 2.05) is 0 Å². The van der Waals surface area contributed by atoms with Gasteiger partial charge in [0, 0.05) is 31.2 Å². The van der Waals surface area contributed by atoms with E-state index >= 15 is 0 Å². The number of fused-ring (bicyclic) bond motifs is 2. The van der Waals surface area contributed by atoms with Crippen molar-refractivity contribution in [2.75, 3.05) is 19.6 Å². The lowest BCUT2D eigenvalue weighted by Crippen LogP contribution is -2.54. The third-order valence-corrected chi connectivity index (χ3v) is 5.20. The molecule has 0 aromatic rings. The normalized spacial score (nSPS) is 44.7. The molecular formula is C15H28N2O. The number of nitrogens with zero attached hydrogens (tertiary/aromatic N) is 1. The summed E-state index contributed by atoms with van der Waals surface area (Å²) >= 11 is 0. The number of nitrogens with one attached hydrogen (secondary N) is 1. The van der Waals surface area contributed by atoms with Gasteiger partial charge in [0.1, 0.15) is 0 Å². The van der Waals surface area contributed by atoms with Crippen LogP contribution in [0.4, 0.5) is 0 Å². The zero-order valence-corrected chi connectivity index (χ0v) is 12.0. The van der Waals surface area contributed by atoms with E-state index in [0.717, 1.165) is 32.0 Å². The van der Waals surface area contributed by atoms with E-state index in [0.29, 0.717) is 17.7 Å². The van der Waals surface area contributed by atoms with Gasteiger partial charge in [-0.2, -0.15) is 0 Å². The molecule has 3 saturated heterocycles. The fraction of sp³-hybridized carbons (Fsp3) is 1.00. The van der Waals surface area contributed by atoms with Gasteiger partial charge in [0.15, 0.2) is 0 Å².